The van der Waals surface area contributed by atoms with Crippen molar-refractivity contribution in [2.75, 3.05) is 31.5 Å². The lowest BCUT2D eigenvalue weighted by atomic mass is 10.0. The largest absolute Gasteiger partial charge is 0.329 e. The second-order valence-corrected chi connectivity index (χ2v) is 8.71. The molecule has 0 saturated heterocycles. The fraction of sp³-hybridized carbons (Fsp3) is 0.429. The van der Waals surface area contributed by atoms with E-state index in [2.05, 4.69) is 23.7 Å². The van der Waals surface area contributed by atoms with Crippen molar-refractivity contribution in [2.45, 2.75) is 33.2 Å². The standard InChI is InChI=1S/C21H26ClN3O2S/c1-4-24(12-20(26)23-18-11-16(22)6-5-14(18)2)21(27)13-25-9-7-19-17(15(25)3)8-10-28-19/h5-6,8,10-11,15H,4,7,9,12-13H2,1-3H3,(H,23,26)/p+1/t15-/m0/s1. The third-order valence-electron chi connectivity index (χ3n) is 5.45. The Bertz CT molecular complexity index is 867. The molecule has 1 aliphatic heterocycles. The maximum absolute atomic E-state index is 12.9. The van der Waals surface area contributed by atoms with Gasteiger partial charge in [0.1, 0.15) is 12.6 Å². The second kappa shape index (κ2) is 9.07. The molecule has 0 saturated carbocycles. The first kappa shape index (κ1) is 20.8. The molecule has 2 amide bonds. The van der Waals surface area contributed by atoms with Crippen LogP contribution in [-0.2, 0) is 16.0 Å². The van der Waals surface area contributed by atoms with Gasteiger partial charge in [0, 0.05) is 34.1 Å². The zero-order valence-corrected chi connectivity index (χ0v) is 18.1. The number of benzene rings is 1. The number of likely N-dealkylation sites (N-methyl/N-ethyl adjacent to an activating group) is 1. The molecule has 1 aromatic carbocycles. The number of carbonyl (C=O) groups excluding carboxylic acids is 2. The summed E-state index contributed by atoms with van der Waals surface area (Å²) in [4.78, 5) is 29.7. The first-order chi connectivity index (χ1) is 13.4. The smallest absolute Gasteiger partial charge is 0.278 e. The van der Waals surface area contributed by atoms with Gasteiger partial charge in [-0.3, -0.25) is 9.59 Å². The predicted octanol–water partition coefficient (Wildman–Crippen LogP) is 2.70. The van der Waals surface area contributed by atoms with E-state index < -0.39 is 0 Å². The van der Waals surface area contributed by atoms with E-state index in [-0.39, 0.29) is 18.4 Å². The fourth-order valence-corrected chi connectivity index (χ4v) is 4.82. The van der Waals surface area contributed by atoms with Crippen molar-refractivity contribution < 1.29 is 14.5 Å². The van der Waals surface area contributed by atoms with Crippen LogP contribution in [0.25, 0.3) is 0 Å². The van der Waals surface area contributed by atoms with Gasteiger partial charge in [-0.1, -0.05) is 17.7 Å². The topological polar surface area (TPSA) is 53.9 Å². The SMILES string of the molecule is CCN(CC(=O)Nc1cc(Cl)ccc1C)C(=O)C[NH+]1CCc2sccc2[C@@H]1C. The molecule has 150 valence electrons. The predicted molar refractivity (Wildman–Crippen MR) is 114 cm³/mol. The lowest BCUT2D eigenvalue weighted by molar-refractivity contribution is -0.924. The van der Waals surface area contributed by atoms with Gasteiger partial charge in [0.05, 0.1) is 6.54 Å². The number of aryl methyl sites for hydroxylation is 1. The van der Waals surface area contributed by atoms with Crippen molar-refractivity contribution in [2.24, 2.45) is 0 Å². The van der Waals surface area contributed by atoms with Crippen molar-refractivity contribution in [1.82, 2.24) is 4.90 Å². The van der Waals surface area contributed by atoms with Crippen LogP contribution in [0, 0.1) is 6.92 Å². The number of carbonyl (C=O) groups is 2. The van der Waals surface area contributed by atoms with Crippen LogP contribution in [0.5, 0.6) is 0 Å². The number of halogens is 1. The average molecular weight is 421 g/mol. The molecule has 0 radical (unpaired) electrons. The molecule has 5 nitrogen and oxygen atoms in total. The van der Waals surface area contributed by atoms with Crippen LogP contribution < -0.4 is 10.2 Å². The van der Waals surface area contributed by atoms with Gasteiger partial charge in [0.25, 0.3) is 5.91 Å². The Morgan fingerprint density at radius 2 is 2.14 bits per heavy atom. The summed E-state index contributed by atoms with van der Waals surface area (Å²) in [6.07, 6.45) is 1.01. The van der Waals surface area contributed by atoms with Gasteiger partial charge >= 0.3 is 0 Å². The number of nitrogens with one attached hydrogen (secondary N) is 2. The summed E-state index contributed by atoms with van der Waals surface area (Å²) < 4.78 is 0. The molecule has 0 spiro atoms. The average Bonchev–Trinajstić information content (AvgIpc) is 3.14. The number of anilines is 1. The third kappa shape index (κ3) is 4.74. The molecular formula is C21H27ClN3O2S+. The minimum Gasteiger partial charge on any atom is -0.329 e. The molecule has 7 heteroatoms. The molecule has 0 aliphatic carbocycles. The minimum atomic E-state index is -0.206. The van der Waals surface area contributed by atoms with Crippen molar-refractivity contribution in [3.8, 4) is 0 Å². The van der Waals surface area contributed by atoms with Crippen LogP contribution in [0.2, 0.25) is 5.02 Å². The van der Waals surface area contributed by atoms with Crippen molar-refractivity contribution in [3.63, 3.8) is 0 Å². The third-order valence-corrected chi connectivity index (χ3v) is 6.68. The van der Waals surface area contributed by atoms with Crippen molar-refractivity contribution in [1.29, 1.82) is 0 Å². The summed E-state index contributed by atoms with van der Waals surface area (Å²) in [5.74, 6) is -0.191. The molecule has 2 N–H and O–H groups in total. The molecular weight excluding hydrogens is 394 g/mol. The van der Waals surface area contributed by atoms with E-state index >= 15 is 0 Å². The molecule has 3 rings (SSSR count). The van der Waals surface area contributed by atoms with E-state index in [4.69, 9.17) is 11.6 Å². The summed E-state index contributed by atoms with van der Waals surface area (Å²) in [7, 11) is 0. The first-order valence-corrected chi connectivity index (χ1v) is 10.9. The van der Waals surface area contributed by atoms with Gasteiger partial charge in [0.15, 0.2) is 6.54 Å². The van der Waals surface area contributed by atoms with Crippen molar-refractivity contribution in [3.05, 3.63) is 50.7 Å². The Kier molecular flexibility index (Phi) is 6.75. The Balaban J connectivity index is 1.59. The van der Waals surface area contributed by atoms with Gasteiger partial charge in [-0.15, -0.1) is 11.3 Å². The second-order valence-electron chi connectivity index (χ2n) is 7.27. The number of nitrogens with zero attached hydrogens (tertiary/aromatic N) is 1. The Hall–Kier alpha value is -1.89. The summed E-state index contributed by atoms with van der Waals surface area (Å²) in [5.41, 5.74) is 2.97. The number of amides is 2. The zero-order valence-electron chi connectivity index (χ0n) is 16.5. The maximum Gasteiger partial charge on any atom is 0.278 e. The van der Waals surface area contributed by atoms with Gasteiger partial charge in [0.2, 0.25) is 5.91 Å². The summed E-state index contributed by atoms with van der Waals surface area (Å²) in [6, 6.07) is 7.86. The molecule has 0 fully saturated rings. The van der Waals surface area contributed by atoms with E-state index in [1.165, 1.54) is 15.3 Å². The van der Waals surface area contributed by atoms with Crippen LogP contribution in [0.1, 0.15) is 35.9 Å². The Labute approximate surface area is 175 Å². The lowest BCUT2D eigenvalue weighted by Gasteiger charge is -2.31. The van der Waals surface area contributed by atoms with E-state index in [0.29, 0.717) is 29.8 Å². The van der Waals surface area contributed by atoms with Crippen LogP contribution in [0.4, 0.5) is 5.69 Å². The van der Waals surface area contributed by atoms with Crippen molar-refractivity contribution >= 4 is 40.4 Å². The quantitative estimate of drug-likeness (QED) is 0.754. The van der Waals surface area contributed by atoms with Crippen LogP contribution >= 0.6 is 22.9 Å². The summed E-state index contributed by atoms with van der Waals surface area (Å²) in [5, 5.41) is 5.57. The molecule has 0 bridgehead atoms. The lowest BCUT2D eigenvalue weighted by Crippen LogP contribution is -3.14. The van der Waals surface area contributed by atoms with Gasteiger partial charge in [-0.05, 0) is 49.9 Å². The van der Waals surface area contributed by atoms with E-state index in [0.717, 1.165) is 18.5 Å². The van der Waals surface area contributed by atoms with Gasteiger partial charge in [-0.25, -0.2) is 0 Å². The highest BCUT2D eigenvalue weighted by Crippen LogP contribution is 2.24. The van der Waals surface area contributed by atoms with Crippen LogP contribution in [0.3, 0.4) is 0 Å². The number of fused-ring (bicyclic) bond motifs is 1. The van der Waals surface area contributed by atoms with Crippen LogP contribution in [-0.4, -0.2) is 42.9 Å². The first-order valence-electron chi connectivity index (χ1n) is 9.63. The van der Waals surface area contributed by atoms with Gasteiger partial charge < -0.3 is 15.1 Å². The van der Waals surface area contributed by atoms with Crippen LogP contribution in [0.15, 0.2) is 29.6 Å². The highest BCUT2D eigenvalue weighted by Gasteiger charge is 2.31. The number of thiophene rings is 1. The monoisotopic (exact) mass is 420 g/mol. The molecule has 2 atom stereocenters. The minimum absolute atomic E-state index is 0.0148. The number of hydrogen-bond donors (Lipinski definition) is 2. The van der Waals surface area contributed by atoms with Gasteiger partial charge in [-0.2, -0.15) is 0 Å². The molecule has 2 aromatic rings. The number of hydrogen-bond acceptors (Lipinski definition) is 3. The summed E-state index contributed by atoms with van der Waals surface area (Å²) in [6.45, 7) is 7.91. The Morgan fingerprint density at radius 1 is 1.36 bits per heavy atom. The number of rotatable bonds is 6. The maximum atomic E-state index is 12.9. The van der Waals surface area contributed by atoms with E-state index in [1.807, 2.05) is 19.9 Å². The summed E-state index contributed by atoms with van der Waals surface area (Å²) >= 11 is 7.82. The highest BCUT2D eigenvalue weighted by molar-refractivity contribution is 7.10. The molecule has 28 heavy (non-hydrogen) atoms. The molecule has 2 heterocycles. The van der Waals surface area contributed by atoms with E-state index in [1.54, 1.807) is 28.4 Å². The molecule has 1 aliphatic rings. The fourth-order valence-electron chi connectivity index (χ4n) is 3.67. The zero-order chi connectivity index (χ0) is 20.3. The number of quaternary nitrogens is 1. The highest BCUT2D eigenvalue weighted by atomic mass is 35.5. The van der Waals surface area contributed by atoms with E-state index in [9.17, 15) is 9.59 Å². The molecule has 1 aromatic heterocycles. The Morgan fingerprint density at radius 3 is 2.89 bits per heavy atom. The molecule has 1 unspecified atom stereocenters. The normalized spacial score (nSPS) is 18.4.